The monoisotopic (exact) mass is 362 g/mol. The van der Waals surface area contributed by atoms with Gasteiger partial charge < -0.3 is 20.1 Å². The molecule has 1 saturated heterocycles. The number of hydrogen-bond donors (Lipinski definition) is 2. The minimum absolute atomic E-state index is 0.0487. The van der Waals surface area contributed by atoms with Crippen molar-refractivity contribution in [2.75, 3.05) is 38.1 Å². The van der Waals surface area contributed by atoms with Crippen LogP contribution >= 0.6 is 0 Å². The summed E-state index contributed by atoms with van der Waals surface area (Å²) in [6.07, 6.45) is 3.61. The van der Waals surface area contributed by atoms with Crippen molar-refractivity contribution in [1.82, 2.24) is 15.2 Å². The van der Waals surface area contributed by atoms with E-state index in [0.717, 1.165) is 50.3 Å². The number of aromatic nitrogens is 1. The van der Waals surface area contributed by atoms with Gasteiger partial charge in [0.05, 0.1) is 6.54 Å². The number of aldehydes is 1. The van der Waals surface area contributed by atoms with Gasteiger partial charge in [-0.25, -0.2) is 9.78 Å². The summed E-state index contributed by atoms with van der Waals surface area (Å²) in [5.41, 5.74) is 1.13. The number of anilines is 1. The average Bonchev–Trinajstić information content (AvgIpc) is 2.65. The summed E-state index contributed by atoms with van der Waals surface area (Å²) in [5.74, 6) is 1.41. The van der Waals surface area contributed by atoms with Gasteiger partial charge in [0, 0.05) is 31.4 Å². The number of carbonyl (C=O) groups excluding carboxylic acids is 1. The smallest absolute Gasteiger partial charge is 0.407 e. The molecule has 1 aliphatic heterocycles. The Morgan fingerprint density at radius 1 is 1.46 bits per heavy atom. The molecule has 0 radical (unpaired) electrons. The molecule has 1 atom stereocenters. The van der Waals surface area contributed by atoms with Crippen molar-refractivity contribution < 1.29 is 14.7 Å². The predicted octanol–water partition coefficient (Wildman–Crippen LogP) is 2.02. The van der Waals surface area contributed by atoms with Crippen LogP contribution in [0.15, 0.2) is 18.2 Å². The third-order valence-electron chi connectivity index (χ3n) is 5.08. The van der Waals surface area contributed by atoms with Crippen LogP contribution in [0.3, 0.4) is 0 Å². The maximum absolute atomic E-state index is 11.3. The van der Waals surface area contributed by atoms with E-state index in [-0.39, 0.29) is 12.6 Å². The normalized spacial score (nSPS) is 16.3. The second-order valence-corrected chi connectivity index (χ2v) is 6.81. The zero-order valence-electron chi connectivity index (χ0n) is 15.7. The molecule has 2 N–H and O–H groups in total. The van der Waals surface area contributed by atoms with Gasteiger partial charge in [0.25, 0.3) is 0 Å². The number of pyridine rings is 1. The van der Waals surface area contributed by atoms with Gasteiger partial charge in [-0.05, 0) is 44.4 Å². The molecule has 1 fully saturated rings. The number of rotatable bonds is 9. The van der Waals surface area contributed by atoms with Crippen molar-refractivity contribution in [2.45, 2.75) is 38.6 Å². The summed E-state index contributed by atoms with van der Waals surface area (Å²) in [4.78, 5) is 30.2. The highest BCUT2D eigenvalue weighted by molar-refractivity contribution is 5.69. The number of piperidine rings is 1. The molecule has 1 aliphatic rings. The largest absolute Gasteiger partial charge is 0.465 e. The van der Waals surface area contributed by atoms with E-state index in [1.807, 2.05) is 7.05 Å². The highest BCUT2D eigenvalue weighted by Gasteiger charge is 2.28. The van der Waals surface area contributed by atoms with E-state index in [4.69, 9.17) is 4.98 Å². The van der Waals surface area contributed by atoms with Crippen molar-refractivity contribution in [3.05, 3.63) is 23.9 Å². The lowest BCUT2D eigenvalue weighted by Gasteiger charge is -2.38. The first-order valence-electron chi connectivity index (χ1n) is 9.38. The van der Waals surface area contributed by atoms with Crippen LogP contribution in [0, 0.1) is 5.92 Å². The second kappa shape index (κ2) is 10.1. The van der Waals surface area contributed by atoms with Crippen LogP contribution in [0.25, 0.3) is 0 Å². The lowest BCUT2D eigenvalue weighted by Crippen LogP contribution is -2.49. The number of aryl methyl sites for hydroxylation is 1. The fourth-order valence-electron chi connectivity index (χ4n) is 3.60. The van der Waals surface area contributed by atoms with Gasteiger partial charge >= 0.3 is 6.09 Å². The van der Waals surface area contributed by atoms with E-state index >= 15 is 0 Å². The van der Waals surface area contributed by atoms with E-state index in [1.54, 1.807) is 0 Å². The quantitative estimate of drug-likeness (QED) is 0.654. The summed E-state index contributed by atoms with van der Waals surface area (Å²) in [5, 5.41) is 12.5. The van der Waals surface area contributed by atoms with Crippen molar-refractivity contribution in [3.8, 4) is 0 Å². The van der Waals surface area contributed by atoms with E-state index in [2.05, 4.69) is 35.3 Å². The summed E-state index contributed by atoms with van der Waals surface area (Å²) < 4.78 is 0. The summed E-state index contributed by atoms with van der Waals surface area (Å²) in [6, 6.07) is 6.25. The van der Waals surface area contributed by atoms with Gasteiger partial charge in [-0.15, -0.1) is 0 Å². The molecule has 1 aromatic rings. The van der Waals surface area contributed by atoms with Crippen LogP contribution in [0.5, 0.6) is 0 Å². The first-order valence-corrected chi connectivity index (χ1v) is 9.38. The van der Waals surface area contributed by atoms with Crippen LogP contribution in [0.4, 0.5) is 10.6 Å². The molecule has 1 aromatic heterocycles. The summed E-state index contributed by atoms with van der Waals surface area (Å²) >= 11 is 0. The van der Waals surface area contributed by atoms with Gasteiger partial charge in [0.1, 0.15) is 12.1 Å². The minimum Gasteiger partial charge on any atom is -0.465 e. The molecule has 2 rings (SSSR count). The Bertz CT molecular complexity index is 588. The standard InChI is InChI=1S/C19H30N4O3/c1-3-5-16-6-4-7-18(21-16)22-10-8-15(9-11-22)17(20-2)14-23(12-13-24)19(25)26/h4,6-7,13,15,17,20H,3,5,8-12,14H2,1-2H3,(H,25,26). The third-order valence-corrected chi connectivity index (χ3v) is 5.08. The van der Waals surface area contributed by atoms with Gasteiger partial charge in [-0.3, -0.25) is 4.90 Å². The first-order chi connectivity index (χ1) is 12.6. The Balaban J connectivity index is 1.94. The molecule has 7 nitrogen and oxygen atoms in total. The van der Waals surface area contributed by atoms with Crippen LogP contribution in [-0.4, -0.2) is 66.6 Å². The number of nitrogens with zero attached hydrogens (tertiary/aromatic N) is 3. The van der Waals surface area contributed by atoms with Crippen molar-refractivity contribution in [1.29, 1.82) is 0 Å². The van der Waals surface area contributed by atoms with Crippen molar-refractivity contribution >= 4 is 18.2 Å². The number of hydrogen-bond acceptors (Lipinski definition) is 5. The number of amides is 1. The van der Waals surface area contributed by atoms with Gasteiger partial charge in [0.2, 0.25) is 0 Å². The number of nitrogens with one attached hydrogen (secondary N) is 1. The average molecular weight is 362 g/mol. The predicted molar refractivity (Wildman–Crippen MR) is 102 cm³/mol. The SMILES string of the molecule is CCCc1cccc(N2CCC(C(CN(CC=O)C(=O)O)NC)CC2)n1. The van der Waals surface area contributed by atoms with Crippen LogP contribution < -0.4 is 10.2 Å². The lowest BCUT2D eigenvalue weighted by atomic mass is 9.89. The Kier molecular flexibility index (Phi) is 7.84. The van der Waals surface area contributed by atoms with Gasteiger partial charge in [-0.1, -0.05) is 19.4 Å². The summed E-state index contributed by atoms with van der Waals surface area (Å²) in [7, 11) is 1.85. The fourth-order valence-corrected chi connectivity index (χ4v) is 3.60. The Morgan fingerprint density at radius 3 is 2.77 bits per heavy atom. The fraction of sp³-hybridized carbons (Fsp3) is 0.632. The molecule has 0 bridgehead atoms. The second-order valence-electron chi connectivity index (χ2n) is 6.81. The lowest BCUT2D eigenvalue weighted by molar-refractivity contribution is -0.108. The van der Waals surface area contributed by atoms with Gasteiger partial charge in [-0.2, -0.15) is 0 Å². The van der Waals surface area contributed by atoms with Crippen molar-refractivity contribution in [3.63, 3.8) is 0 Å². The highest BCUT2D eigenvalue weighted by Crippen LogP contribution is 2.25. The number of likely N-dealkylation sites (N-methyl/N-ethyl adjacent to an activating group) is 1. The Labute approximate surface area is 155 Å². The van der Waals surface area contributed by atoms with Crippen LogP contribution in [0.1, 0.15) is 31.9 Å². The van der Waals surface area contributed by atoms with E-state index in [0.29, 0.717) is 18.7 Å². The van der Waals surface area contributed by atoms with Crippen LogP contribution in [-0.2, 0) is 11.2 Å². The molecule has 0 aliphatic carbocycles. The Hall–Kier alpha value is -2.15. The zero-order chi connectivity index (χ0) is 18.9. The maximum atomic E-state index is 11.3. The molecule has 1 unspecified atom stereocenters. The molecule has 1 amide bonds. The summed E-state index contributed by atoms with van der Waals surface area (Å²) in [6.45, 7) is 4.22. The van der Waals surface area contributed by atoms with Crippen LogP contribution in [0.2, 0.25) is 0 Å². The molecule has 0 saturated carbocycles. The number of carboxylic acid groups (broad SMARTS) is 1. The van der Waals surface area contributed by atoms with E-state index in [9.17, 15) is 14.7 Å². The molecular formula is C19H30N4O3. The molecule has 26 heavy (non-hydrogen) atoms. The molecular weight excluding hydrogens is 332 g/mol. The molecule has 0 spiro atoms. The topological polar surface area (TPSA) is 85.8 Å². The third kappa shape index (κ3) is 5.42. The van der Waals surface area contributed by atoms with E-state index in [1.165, 1.54) is 4.90 Å². The first kappa shape index (κ1) is 20.2. The maximum Gasteiger partial charge on any atom is 0.407 e. The Morgan fingerprint density at radius 2 is 2.19 bits per heavy atom. The van der Waals surface area contributed by atoms with E-state index < -0.39 is 6.09 Å². The van der Waals surface area contributed by atoms with Crippen molar-refractivity contribution in [2.24, 2.45) is 5.92 Å². The molecule has 0 aromatic carbocycles. The zero-order valence-corrected chi connectivity index (χ0v) is 15.7. The molecule has 7 heteroatoms. The molecule has 144 valence electrons. The minimum atomic E-state index is -1.05. The van der Waals surface area contributed by atoms with Gasteiger partial charge in [0.15, 0.2) is 0 Å². The molecule has 2 heterocycles. The number of carbonyl (C=O) groups is 2. The highest BCUT2D eigenvalue weighted by atomic mass is 16.4.